The number of benzene rings is 1. The van der Waals surface area contributed by atoms with Crippen LogP contribution in [0.25, 0.3) is 0 Å². The Kier molecular flexibility index (Phi) is 5.84. The smallest absolute Gasteiger partial charge is 0.341 e. The Morgan fingerprint density at radius 1 is 1.11 bits per heavy atom. The molecule has 0 atom stereocenters. The molecule has 1 aliphatic rings. The number of carbonyl (C=O) groups is 1. The van der Waals surface area contributed by atoms with Gasteiger partial charge in [0.2, 0.25) is 5.95 Å². The van der Waals surface area contributed by atoms with Crippen LogP contribution >= 0.6 is 11.6 Å². The molecule has 1 aromatic carbocycles. The summed E-state index contributed by atoms with van der Waals surface area (Å²) in [5.41, 5.74) is -1.37. The van der Waals surface area contributed by atoms with Gasteiger partial charge in [0.05, 0.1) is 11.3 Å². The second-order valence-electron chi connectivity index (χ2n) is 6.28. The second-order valence-corrected chi connectivity index (χ2v) is 6.72. The number of carbonyl (C=O) groups excluding carboxylic acids is 1. The minimum absolute atomic E-state index is 0.00678. The van der Waals surface area contributed by atoms with Gasteiger partial charge in [0.25, 0.3) is 5.91 Å². The van der Waals surface area contributed by atoms with E-state index >= 15 is 0 Å². The number of hydrogen-bond acceptors (Lipinski definition) is 4. The largest absolute Gasteiger partial charge is 0.418 e. The lowest BCUT2D eigenvalue weighted by atomic mass is 10.1. The van der Waals surface area contributed by atoms with E-state index in [1.54, 1.807) is 0 Å². The van der Waals surface area contributed by atoms with Crippen LogP contribution in [0, 0.1) is 0 Å². The van der Waals surface area contributed by atoms with Gasteiger partial charge in [-0.25, -0.2) is 9.97 Å². The number of halogens is 4. The monoisotopic (exact) mass is 398 g/mol. The van der Waals surface area contributed by atoms with E-state index in [1.807, 2.05) is 4.90 Å². The van der Waals surface area contributed by atoms with Crippen LogP contribution in [0.15, 0.2) is 30.5 Å². The van der Waals surface area contributed by atoms with Crippen LogP contribution in [-0.4, -0.2) is 29.0 Å². The number of amides is 1. The lowest BCUT2D eigenvalue weighted by Crippen LogP contribution is -2.27. The van der Waals surface area contributed by atoms with Crippen molar-refractivity contribution < 1.29 is 18.0 Å². The molecule has 0 aliphatic carbocycles. The number of anilines is 2. The molecule has 1 N–H and O–H groups in total. The molecule has 1 fully saturated rings. The van der Waals surface area contributed by atoms with E-state index in [1.165, 1.54) is 18.3 Å². The highest BCUT2D eigenvalue weighted by Gasteiger charge is 2.34. The van der Waals surface area contributed by atoms with Gasteiger partial charge in [-0.1, -0.05) is 24.4 Å². The predicted molar refractivity (Wildman–Crippen MR) is 97.1 cm³/mol. The van der Waals surface area contributed by atoms with E-state index in [0.717, 1.165) is 50.9 Å². The summed E-state index contributed by atoms with van der Waals surface area (Å²) in [5, 5.41) is 2.21. The number of aromatic nitrogens is 2. The molecule has 9 heteroatoms. The molecule has 2 aromatic rings. The van der Waals surface area contributed by atoms with Gasteiger partial charge < -0.3 is 10.2 Å². The van der Waals surface area contributed by atoms with Crippen LogP contribution in [0.1, 0.15) is 41.7 Å². The van der Waals surface area contributed by atoms with Gasteiger partial charge in [-0.05, 0) is 37.1 Å². The highest BCUT2D eigenvalue weighted by atomic mass is 35.5. The van der Waals surface area contributed by atoms with Crippen molar-refractivity contribution in [3.05, 3.63) is 46.7 Å². The zero-order valence-electron chi connectivity index (χ0n) is 14.4. The first kappa shape index (κ1) is 19.4. The molecule has 1 amide bonds. The molecule has 1 aromatic heterocycles. The Labute approximate surface area is 159 Å². The molecule has 0 radical (unpaired) electrons. The van der Waals surface area contributed by atoms with Crippen molar-refractivity contribution in [3.8, 4) is 0 Å². The van der Waals surface area contributed by atoms with Crippen LogP contribution in [0.5, 0.6) is 0 Å². The molecule has 3 rings (SSSR count). The topological polar surface area (TPSA) is 58.1 Å². The summed E-state index contributed by atoms with van der Waals surface area (Å²) in [6.45, 7) is 1.58. The average Bonchev–Trinajstić information content (AvgIpc) is 2.92. The summed E-state index contributed by atoms with van der Waals surface area (Å²) in [6.07, 6.45) is 1.09. The van der Waals surface area contributed by atoms with E-state index in [9.17, 15) is 18.0 Å². The van der Waals surface area contributed by atoms with E-state index in [2.05, 4.69) is 15.3 Å². The quantitative estimate of drug-likeness (QED) is 0.808. The summed E-state index contributed by atoms with van der Waals surface area (Å²) in [7, 11) is 0. The van der Waals surface area contributed by atoms with E-state index in [4.69, 9.17) is 11.6 Å². The zero-order chi connectivity index (χ0) is 19.4. The van der Waals surface area contributed by atoms with Crippen molar-refractivity contribution in [1.82, 2.24) is 9.97 Å². The van der Waals surface area contributed by atoms with Gasteiger partial charge in [0.1, 0.15) is 5.69 Å². The summed E-state index contributed by atoms with van der Waals surface area (Å²) in [5.74, 6) is -0.321. The van der Waals surface area contributed by atoms with Crippen LogP contribution in [0.4, 0.5) is 24.8 Å². The first-order chi connectivity index (χ1) is 12.8. The van der Waals surface area contributed by atoms with Crippen molar-refractivity contribution in [1.29, 1.82) is 0 Å². The maximum atomic E-state index is 13.2. The highest BCUT2D eigenvalue weighted by molar-refractivity contribution is 6.30. The Morgan fingerprint density at radius 3 is 2.48 bits per heavy atom. The summed E-state index contributed by atoms with van der Waals surface area (Å²) in [6, 6.07) is 4.56. The second kappa shape index (κ2) is 8.12. The first-order valence-electron chi connectivity index (χ1n) is 8.61. The Balaban J connectivity index is 1.82. The Morgan fingerprint density at radius 2 is 1.81 bits per heavy atom. The fourth-order valence-corrected chi connectivity index (χ4v) is 3.12. The van der Waals surface area contributed by atoms with Gasteiger partial charge in [0, 0.05) is 24.3 Å². The zero-order valence-corrected chi connectivity index (χ0v) is 15.1. The maximum Gasteiger partial charge on any atom is 0.418 e. The third-order valence-electron chi connectivity index (χ3n) is 4.30. The van der Waals surface area contributed by atoms with Gasteiger partial charge in [-0.15, -0.1) is 0 Å². The minimum Gasteiger partial charge on any atom is -0.341 e. The van der Waals surface area contributed by atoms with Gasteiger partial charge in [-0.3, -0.25) is 4.79 Å². The van der Waals surface area contributed by atoms with Crippen molar-refractivity contribution in [2.75, 3.05) is 23.3 Å². The van der Waals surface area contributed by atoms with Crippen LogP contribution in [0.3, 0.4) is 0 Å². The van der Waals surface area contributed by atoms with Crippen molar-refractivity contribution in [2.45, 2.75) is 31.9 Å². The molecule has 0 unspecified atom stereocenters. The van der Waals surface area contributed by atoms with E-state index in [0.29, 0.717) is 5.95 Å². The molecule has 1 aliphatic heterocycles. The lowest BCUT2D eigenvalue weighted by Gasteiger charge is -2.20. The Bertz CT molecular complexity index is 820. The normalized spacial score (nSPS) is 15.3. The lowest BCUT2D eigenvalue weighted by molar-refractivity contribution is -0.136. The molecule has 0 spiro atoms. The summed E-state index contributed by atoms with van der Waals surface area (Å²) in [4.78, 5) is 22.9. The standard InChI is InChI=1S/C18H18ClF3N4O/c19-12-5-6-14(13(11-12)18(20,21)22)24-16(27)15-7-8-23-17(25-15)26-9-3-1-2-4-10-26/h5-8,11H,1-4,9-10H2,(H,24,27). The minimum atomic E-state index is -4.64. The van der Waals surface area contributed by atoms with Gasteiger partial charge >= 0.3 is 6.18 Å². The third kappa shape index (κ3) is 4.88. The fourth-order valence-electron chi connectivity index (χ4n) is 2.94. The third-order valence-corrected chi connectivity index (χ3v) is 4.53. The number of nitrogens with one attached hydrogen (secondary N) is 1. The van der Waals surface area contributed by atoms with Crippen molar-refractivity contribution in [2.24, 2.45) is 0 Å². The molecule has 0 saturated carbocycles. The molecule has 5 nitrogen and oxygen atoms in total. The van der Waals surface area contributed by atoms with E-state index < -0.39 is 17.6 Å². The number of hydrogen-bond donors (Lipinski definition) is 1. The molecular weight excluding hydrogens is 381 g/mol. The number of rotatable bonds is 3. The predicted octanol–water partition coefficient (Wildman–Crippen LogP) is 4.78. The number of nitrogens with zero attached hydrogens (tertiary/aromatic N) is 3. The maximum absolute atomic E-state index is 13.2. The average molecular weight is 399 g/mol. The first-order valence-corrected chi connectivity index (χ1v) is 8.98. The summed E-state index contributed by atoms with van der Waals surface area (Å²) < 4.78 is 39.6. The van der Waals surface area contributed by atoms with Crippen molar-refractivity contribution in [3.63, 3.8) is 0 Å². The molecule has 144 valence electrons. The summed E-state index contributed by atoms with van der Waals surface area (Å²) >= 11 is 5.66. The number of alkyl halides is 3. The highest BCUT2D eigenvalue weighted by Crippen LogP contribution is 2.36. The molecule has 0 bridgehead atoms. The molecule has 27 heavy (non-hydrogen) atoms. The molecule has 1 saturated heterocycles. The van der Waals surface area contributed by atoms with Gasteiger partial charge in [-0.2, -0.15) is 13.2 Å². The fraction of sp³-hybridized carbons (Fsp3) is 0.389. The van der Waals surface area contributed by atoms with Crippen LogP contribution < -0.4 is 10.2 Å². The molecular formula is C18H18ClF3N4O. The Hall–Kier alpha value is -2.35. The van der Waals surface area contributed by atoms with E-state index in [-0.39, 0.29) is 16.4 Å². The van der Waals surface area contributed by atoms with Crippen LogP contribution in [-0.2, 0) is 6.18 Å². The molecule has 2 heterocycles. The van der Waals surface area contributed by atoms with Gasteiger partial charge in [0.15, 0.2) is 0 Å². The van der Waals surface area contributed by atoms with Crippen LogP contribution in [0.2, 0.25) is 5.02 Å². The SMILES string of the molecule is O=C(Nc1ccc(Cl)cc1C(F)(F)F)c1ccnc(N2CCCCCC2)n1. The van der Waals surface area contributed by atoms with Crippen molar-refractivity contribution >= 4 is 29.1 Å².